The minimum Gasteiger partial charge on any atom is -0.339 e. The maximum Gasteiger partial charge on any atom is 0.257 e. The number of fused-ring (bicyclic) bond motifs is 2. The number of carbonyl (C=O) groups is 1. The van der Waals surface area contributed by atoms with E-state index in [1.165, 1.54) is 6.42 Å². The lowest BCUT2D eigenvalue weighted by molar-refractivity contribution is 0.0726. The molecule has 0 spiro atoms. The molecule has 0 atom stereocenters. The Morgan fingerprint density at radius 1 is 0.926 bits per heavy atom. The van der Waals surface area contributed by atoms with Gasteiger partial charge in [-0.2, -0.15) is 5.10 Å². The van der Waals surface area contributed by atoms with Crippen molar-refractivity contribution in [3.8, 4) is 11.3 Å². The van der Waals surface area contributed by atoms with E-state index in [1.54, 1.807) is 6.20 Å². The minimum absolute atomic E-state index is 0.0819. The van der Waals surface area contributed by atoms with Gasteiger partial charge in [-0.3, -0.25) is 9.78 Å². The number of para-hydroxylation sites is 1. The maximum atomic E-state index is 13.0. The summed E-state index contributed by atoms with van der Waals surface area (Å²) in [5.41, 5.74) is 4.40. The van der Waals surface area contributed by atoms with Crippen LogP contribution in [-0.2, 0) is 0 Å². The summed E-state index contributed by atoms with van der Waals surface area (Å²) in [6.45, 7) is 1.68. The number of amides is 1. The smallest absolute Gasteiger partial charge is 0.257 e. The molecule has 3 aromatic heterocycles. The first-order chi connectivity index (χ1) is 13.3. The zero-order valence-corrected chi connectivity index (χ0v) is 15.0. The SMILES string of the molecule is O=C(c1cnn2c(-c3cnc4ccccc4c3)cccc12)N1CCCCC1. The van der Waals surface area contributed by atoms with Gasteiger partial charge in [0.25, 0.3) is 5.91 Å². The van der Waals surface area contributed by atoms with Crippen LogP contribution in [0.2, 0.25) is 0 Å². The summed E-state index contributed by atoms with van der Waals surface area (Å²) in [4.78, 5) is 19.5. The Morgan fingerprint density at radius 2 is 1.78 bits per heavy atom. The van der Waals surface area contributed by atoms with Crippen LogP contribution in [0.1, 0.15) is 29.6 Å². The van der Waals surface area contributed by atoms with Crippen LogP contribution in [-0.4, -0.2) is 38.5 Å². The Morgan fingerprint density at radius 3 is 2.67 bits per heavy atom. The topological polar surface area (TPSA) is 50.5 Å². The van der Waals surface area contributed by atoms with Crippen LogP contribution in [0.15, 0.2) is 60.9 Å². The van der Waals surface area contributed by atoms with Gasteiger partial charge in [-0.25, -0.2) is 4.52 Å². The molecule has 1 aliphatic rings. The summed E-state index contributed by atoms with van der Waals surface area (Å²) in [7, 11) is 0. The van der Waals surface area contributed by atoms with Crippen molar-refractivity contribution in [1.82, 2.24) is 19.5 Å². The number of rotatable bonds is 2. The Bertz CT molecular complexity index is 1140. The molecule has 5 nitrogen and oxygen atoms in total. The average Bonchev–Trinajstić information content (AvgIpc) is 3.18. The van der Waals surface area contributed by atoms with Gasteiger partial charge in [0.2, 0.25) is 0 Å². The van der Waals surface area contributed by atoms with Crippen molar-refractivity contribution in [2.45, 2.75) is 19.3 Å². The highest BCUT2D eigenvalue weighted by Gasteiger charge is 2.22. The van der Waals surface area contributed by atoms with E-state index in [0.29, 0.717) is 5.56 Å². The Kier molecular flexibility index (Phi) is 3.85. The number of carbonyl (C=O) groups excluding carboxylic acids is 1. The van der Waals surface area contributed by atoms with Crippen molar-refractivity contribution in [2.24, 2.45) is 0 Å². The second-order valence-corrected chi connectivity index (χ2v) is 7.04. The van der Waals surface area contributed by atoms with Gasteiger partial charge in [0.05, 0.1) is 28.5 Å². The molecule has 1 saturated heterocycles. The monoisotopic (exact) mass is 356 g/mol. The third-order valence-corrected chi connectivity index (χ3v) is 5.30. The summed E-state index contributed by atoms with van der Waals surface area (Å²) < 4.78 is 1.85. The highest BCUT2D eigenvalue weighted by molar-refractivity contribution is 6.01. The summed E-state index contributed by atoms with van der Waals surface area (Å²) in [6.07, 6.45) is 6.94. The van der Waals surface area contributed by atoms with E-state index in [9.17, 15) is 4.79 Å². The molecule has 0 bridgehead atoms. The van der Waals surface area contributed by atoms with Gasteiger partial charge in [-0.1, -0.05) is 24.3 Å². The fourth-order valence-corrected chi connectivity index (χ4v) is 3.87. The van der Waals surface area contributed by atoms with Crippen LogP contribution in [0.25, 0.3) is 27.7 Å². The van der Waals surface area contributed by atoms with Crippen LogP contribution in [0.4, 0.5) is 0 Å². The van der Waals surface area contributed by atoms with E-state index in [-0.39, 0.29) is 5.91 Å². The molecule has 0 unspecified atom stereocenters. The van der Waals surface area contributed by atoms with Gasteiger partial charge in [-0.15, -0.1) is 0 Å². The summed E-state index contributed by atoms with van der Waals surface area (Å²) >= 11 is 0. The molecule has 4 heterocycles. The predicted octanol–water partition coefficient (Wildman–Crippen LogP) is 4.18. The van der Waals surface area contributed by atoms with Crippen LogP contribution in [0, 0.1) is 0 Å². The third kappa shape index (κ3) is 2.76. The fraction of sp³-hybridized carbons (Fsp3) is 0.227. The maximum absolute atomic E-state index is 13.0. The highest BCUT2D eigenvalue weighted by Crippen LogP contribution is 2.25. The molecule has 5 rings (SSSR count). The van der Waals surface area contributed by atoms with E-state index in [2.05, 4.69) is 22.2 Å². The molecule has 4 aromatic rings. The largest absolute Gasteiger partial charge is 0.339 e. The Hall–Kier alpha value is -3.21. The number of aromatic nitrogens is 3. The Balaban J connectivity index is 1.59. The van der Waals surface area contributed by atoms with Gasteiger partial charge in [0, 0.05) is 30.2 Å². The summed E-state index contributed by atoms with van der Waals surface area (Å²) in [5, 5.41) is 5.62. The molecule has 27 heavy (non-hydrogen) atoms. The van der Waals surface area contributed by atoms with E-state index < -0.39 is 0 Å². The standard InChI is InChI=1S/C22H20N4O/c27-22(25-11-4-1-5-12-25)18-15-24-26-20(9-6-10-21(18)26)17-13-16-7-2-3-8-19(16)23-14-17/h2-3,6-10,13-15H,1,4-5,11-12H2. The second-order valence-electron chi connectivity index (χ2n) is 7.04. The molecule has 1 amide bonds. The van der Waals surface area contributed by atoms with Crippen molar-refractivity contribution in [2.75, 3.05) is 13.1 Å². The third-order valence-electron chi connectivity index (χ3n) is 5.30. The molecule has 0 radical (unpaired) electrons. The normalized spacial score (nSPS) is 14.7. The number of pyridine rings is 2. The van der Waals surface area contributed by atoms with Crippen LogP contribution >= 0.6 is 0 Å². The first kappa shape index (κ1) is 16.0. The number of benzene rings is 1. The number of piperidine rings is 1. The number of likely N-dealkylation sites (tertiary alicyclic amines) is 1. The fourth-order valence-electron chi connectivity index (χ4n) is 3.87. The van der Waals surface area contributed by atoms with Crippen LogP contribution in [0.5, 0.6) is 0 Å². The molecule has 5 heteroatoms. The first-order valence-corrected chi connectivity index (χ1v) is 9.42. The Labute approximate surface area is 157 Å². The van der Waals surface area contributed by atoms with Crippen molar-refractivity contribution < 1.29 is 4.79 Å². The van der Waals surface area contributed by atoms with Crippen molar-refractivity contribution >= 4 is 22.3 Å². The summed E-state index contributed by atoms with van der Waals surface area (Å²) in [5.74, 6) is 0.0819. The van der Waals surface area contributed by atoms with Crippen molar-refractivity contribution in [3.63, 3.8) is 0 Å². The average molecular weight is 356 g/mol. The van der Waals surface area contributed by atoms with E-state index in [1.807, 2.05) is 52.0 Å². The summed E-state index contributed by atoms with van der Waals surface area (Å²) in [6, 6.07) is 16.1. The molecule has 1 aliphatic heterocycles. The van der Waals surface area contributed by atoms with Crippen LogP contribution < -0.4 is 0 Å². The molecule has 0 N–H and O–H groups in total. The lowest BCUT2D eigenvalue weighted by Gasteiger charge is -2.26. The van der Waals surface area contributed by atoms with E-state index in [0.717, 1.165) is 53.6 Å². The van der Waals surface area contributed by atoms with Gasteiger partial charge >= 0.3 is 0 Å². The van der Waals surface area contributed by atoms with Gasteiger partial charge in [0.15, 0.2) is 0 Å². The van der Waals surface area contributed by atoms with Gasteiger partial charge in [0.1, 0.15) is 0 Å². The number of hydrogen-bond donors (Lipinski definition) is 0. The van der Waals surface area contributed by atoms with Gasteiger partial charge < -0.3 is 4.90 Å². The molecular weight excluding hydrogens is 336 g/mol. The zero-order chi connectivity index (χ0) is 18.2. The second kappa shape index (κ2) is 6.50. The molecule has 1 aromatic carbocycles. The minimum atomic E-state index is 0.0819. The lowest BCUT2D eigenvalue weighted by Crippen LogP contribution is -2.35. The molecular formula is C22H20N4O. The van der Waals surface area contributed by atoms with Crippen LogP contribution in [0.3, 0.4) is 0 Å². The number of hydrogen-bond acceptors (Lipinski definition) is 3. The highest BCUT2D eigenvalue weighted by atomic mass is 16.2. The van der Waals surface area contributed by atoms with Crippen molar-refractivity contribution in [1.29, 1.82) is 0 Å². The molecule has 134 valence electrons. The molecule has 1 fully saturated rings. The predicted molar refractivity (Wildman–Crippen MR) is 106 cm³/mol. The first-order valence-electron chi connectivity index (χ1n) is 9.42. The zero-order valence-electron chi connectivity index (χ0n) is 15.0. The van der Waals surface area contributed by atoms with E-state index >= 15 is 0 Å². The molecule has 0 aliphatic carbocycles. The van der Waals surface area contributed by atoms with E-state index in [4.69, 9.17) is 0 Å². The van der Waals surface area contributed by atoms with Crippen molar-refractivity contribution in [3.05, 3.63) is 66.5 Å². The number of nitrogens with zero attached hydrogens (tertiary/aromatic N) is 4. The van der Waals surface area contributed by atoms with Gasteiger partial charge in [-0.05, 0) is 43.5 Å². The lowest BCUT2D eigenvalue weighted by atomic mass is 10.1. The molecule has 0 saturated carbocycles. The quantitative estimate of drug-likeness (QED) is 0.541.